The van der Waals surface area contributed by atoms with Crippen molar-refractivity contribution in [1.29, 1.82) is 0 Å². The number of allylic oxidation sites excluding steroid dienone is 6. The van der Waals surface area contributed by atoms with E-state index in [2.05, 4.69) is 238 Å². The van der Waals surface area contributed by atoms with E-state index in [-0.39, 0.29) is 56.7 Å². The SMILES string of the molecule is CCc1cc2c3c(c1)C1(c4ccccc4)CCCCC1(C)N3c1cc(N3c4ccc(C(C)(C)C)cc4C4(c5ccccc5)CCCCC34C)cc3c1B2C1C=C(C(C)(C)C)C=CC1N3C1=CC=C(C(C)(C)C)CC1C. The minimum Gasteiger partial charge on any atom is -0.338 e. The Bertz CT molecular complexity index is 3280. The summed E-state index contributed by atoms with van der Waals surface area (Å²) in [5.74, 6) is 0.600. The Kier molecular flexibility index (Phi) is 10.8. The summed E-state index contributed by atoms with van der Waals surface area (Å²) in [7, 11) is 0. The van der Waals surface area contributed by atoms with Crippen LogP contribution in [0.4, 0.5) is 28.4 Å². The molecule has 13 rings (SSSR count). The number of fused-ring (bicyclic) bond motifs is 10. The highest BCUT2D eigenvalue weighted by Gasteiger charge is 2.66. The molecule has 0 aromatic heterocycles. The molecule has 0 saturated heterocycles. The highest BCUT2D eigenvalue weighted by Crippen LogP contribution is 2.68. The first-order valence-electron chi connectivity index (χ1n) is 29.5. The van der Waals surface area contributed by atoms with Gasteiger partial charge < -0.3 is 14.7 Å². The van der Waals surface area contributed by atoms with Crippen molar-refractivity contribution in [3.63, 3.8) is 0 Å². The largest absolute Gasteiger partial charge is 0.338 e. The van der Waals surface area contributed by atoms with Crippen molar-refractivity contribution in [2.75, 3.05) is 14.7 Å². The van der Waals surface area contributed by atoms with Crippen LogP contribution >= 0.6 is 0 Å². The number of aryl methyl sites for hydroxylation is 1. The van der Waals surface area contributed by atoms with Gasteiger partial charge in [0.15, 0.2) is 0 Å². The van der Waals surface area contributed by atoms with Crippen LogP contribution in [-0.2, 0) is 22.7 Å². The van der Waals surface area contributed by atoms with Crippen LogP contribution in [0.5, 0.6) is 0 Å². The molecule has 4 heterocycles. The van der Waals surface area contributed by atoms with Gasteiger partial charge in [-0.3, -0.25) is 0 Å². The molecular formula is C71H84BN3. The van der Waals surface area contributed by atoms with Crippen molar-refractivity contribution >= 4 is 46.1 Å². The van der Waals surface area contributed by atoms with Crippen molar-refractivity contribution in [2.24, 2.45) is 16.7 Å². The van der Waals surface area contributed by atoms with Crippen molar-refractivity contribution in [3.8, 4) is 0 Å². The maximum Gasteiger partial charge on any atom is 0.226 e. The second-order valence-corrected chi connectivity index (χ2v) is 28.3. The number of anilines is 5. The predicted molar refractivity (Wildman–Crippen MR) is 321 cm³/mol. The molecule has 0 N–H and O–H groups in total. The fourth-order valence-corrected chi connectivity index (χ4v) is 17.3. The normalized spacial score (nSPS) is 29.4. The van der Waals surface area contributed by atoms with Gasteiger partial charge in [0, 0.05) is 50.9 Å². The van der Waals surface area contributed by atoms with Gasteiger partial charge in [-0.05, 0) is 149 Å². The van der Waals surface area contributed by atoms with E-state index < -0.39 is 0 Å². The van der Waals surface area contributed by atoms with Gasteiger partial charge in [-0.1, -0.05) is 217 Å². The lowest BCUT2D eigenvalue weighted by Crippen LogP contribution is -2.65. The summed E-state index contributed by atoms with van der Waals surface area (Å²) in [6, 6.07) is 42.4. The molecule has 4 aliphatic heterocycles. The third-order valence-electron chi connectivity index (χ3n) is 21.2. The summed E-state index contributed by atoms with van der Waals surface area (Å²) >= 11 is 0. The molecule has 3 nitrogen and oxygen atoms in total. The van der Waals surface area contributed by atoms with Gasteiger partial charge in [0.2, 0.25) is 6.71 Å². The zero-order chi connectivity index (χ0) is 52.4. The van der Waals surface area contributed by atoms with E-state index in [1.807, 2.05) is 0 Å². The number of hydrogen-bond donors (Lipinski definition) is 0. The first-order valence-corrected chi connectivity index (χ1v) is 29.5. The van der Waals surface area contributed by atoms with Crippen LogP contribution in [0.15, 0.2) is 150 Å². The van der Waals surface area contributed by atoms with E-state index >= 15 is 0 Å². The monoisotopic (exact) mass is 990 g/mol. The van der Waals surface area contributed by atoms with E-state index in [0.717, 1.165) is 38.5 Å². The molecule has 386 valence electrons. The van der Waals surface area contributed by atoms with Crippen molar-refractivity contribution < 1.29 is 0 Å². The lowest BCUT2D eigenvalue weighted by molar-refractivity contribution is 0.214. The summed E-state index contributed by atoms with van der Waals surface area (Å²) < 4.78 is 0. The average molecular weight is 990 g/mol. The molecule has 75 heavy (non-hydrogen) atoms. The van der Waals surface area contributed by atoms with E-state index in [4.69, 9.17) is 0 Å². The molecule has 8 aliphatic rings. The van der Waals surface area contributed by atoms with Crippen molar-refractivity contribution in [2.45, 2.75) is 193 Å². The number of nitrogens with zero attached hydrogens (tertiary/aromatic N) is 3. The fraction of sp³-hybridized carbons (Fsp3) is 0.465. The Balaban J connectivity index is 1.17. The standard InChI is InChI=1S/C71H84BN3/c1-14-47-40-55-64-57(41-47)72-56-43-52(67(9,10)11)31-34-60(56)73(58-32-29-50(39-46(58)2)65(3,4)5)61-44-53(45-62(63(61)72)75(64)69(13)36-22-24-38-71(55,69)49-27-19-16-20-28-49)74-59-33-30-51(66(6,7)8)42-54(59)70(48-25-17-15-18-26-48)37-23-21-35-68(70,74)12/h15-20,25-34,40-46,56,60H,14,21-24,35-39H2,1-13H3. The van der Waals surface area contributed by atoms with E-state index in [1.165, 1.54) is 93.2 Å². The first-order chi connectivity index (χ1) is 35.7. The summed E-state index contributed by atoms with van der Waals surface area (Å²) in [4.78, 5) is 8.88. The molecule has 5 aromatic carbocycles. The Morgan fingerprint density at radius 1 is 0.613 bits per heavy atom. The quantitative estimate of drug-likeness (QED) is 0.163. The zero-order valence-corrected chi connectivity index (χ0v) is 47.9. The molecule has 0 bridgehead atoms. The van der Waals surface area contributed by atoms with E-state index in [1.54, 1.807) is 22.1 Å². The highest BCUT2D eigenvalue weighted by atomic mass is 15.3. The molecule has 7 unspecified atom stereocenters. The van der Waals surface area contributed by atoms with Crippen LogP contribution in [0.1, 0.15) is 181 Å². The number of hydrogen-bond acceptors (Lipinski definition) is 3. The van der Waals surface area contributed by atoms with Gasteiger partial charge in [0.25, 0.3) is 0 Å². The summed E-state index contributed by atoms with van der Waals surface area (Å²) in [5.41, 5.74) is 23.1. The van der Waals surface area contributed by atoms with Crippen LogP contribution < -0.4 is 25.6 Å². The van der Waals surface area contributed by atoms with Crippen molar-refractivity contribution in [1.82, 2.24) is 0 Å². The molecule has 2 fully saturated rings. The van der Waals surface area contributed by atoms with Gasteiger partial charge in [-0.25, -0.2) is 0 Å². The van der Waals surface area contributed by atoms with Gasteiger partial charge in [0.1, 0.15) is 0 Å². The number of benzene rings is 5. The molecule has 4 aliphatic carbocycles. The third-order valence-corrected chi connectivity index (χ3v) is 21.2. The average Bonchev–Trinajstić information content (AvgIpc) is 3.77. The second-order valence-electron chi connectivity index (χ2n) is 28.3. The Labute approximate surface area is 452 Å². The van der Waals surface area contributed by atoms with Gasteiger partial charge in [0.05, 0.1) is 17.1 Å². The van der Waals surface area contributed by atoms with E-state index in [0.29, 0.717) is 5.92 Å². The molecular weight excluding hydrogens is 906 g/mol. The van der Waals surface area contributed by atoms with Crippen LogP contribution in [0.2, 0.25) is 5.82 Å². The molecule has 5 aromatic rings. The predicted octanol–water partition coefficient (Wildman–Crippen LogP) is 17.0. The summed E-state index contributed by atoms with van der Waals surface area (Å²) in [6.45, 7) is 32.2. The molecule has 0 spiro atoms. The molecule has 2 saturated carbocycles. The topological polar surface area (TPSA) is 9.72 Å². The Morgan fingerprint density at radius 2 is 1.23 bits per heavy atom. The van der Waals surface area contributed by atoms with Gasteiger partial charge in [-0.15, -0.1) is 0 Å². The zero-order valence-electron chi connectivity index (χ0n) is 47.9. The number of rotatable bonds is 5. The highest BCUT2D eigenvalue weighted by molar-refractivity contribution is 6.91. The minimum atomic E-state index is -0.216. The smallest absolute Gasteiger partial charge is 0.226 e. The molecule has 0 radical (unpaired) electrons. The van der Waals surface area contributed by atoms with Crippen LogP contribution in [0.25, 0.3) is 0 Å². The molecule has 4 heteroatoms. The fourth-order valence-electron chi connectivity index (χ4n) is 17.3. The summed E-state index contributed by atoms with van der Waals surface area (Å²) in [5, 5.41) is 0. The molecule has 7 atom stereocenters. The van der Waals surface area contributed by atoms with Crippen LogP contribution in [-0.4, -0.2) is 23.8 Å². The summed E-state index contributed by atoms with van der Waals surface area (Å²) in [6.07, 6.45) is 24.6. The molecule has 0 amide bonds. The van der Waals surface area contributed by atoms with Gasteiger partial charge >= 0.3 is 0 Å². The van der Waals surface area contributed by atoms with Crippen LogP contribution in [0, 0.1) is 16.7 Å². The minimum absolute atomic E-state index is 0.0193. The maximum absolute atomic E-state index is 3.03. The third kappa shape index (κ3) is 6.65. The second kappa shape index (κ2) is 16.5. The maximum atomic E-state index is 3.03. The lowest BCUT2D eigenvalue weighted by atomic mass is 9.28. The Morgan fingerprint density at radius 3 is 1.83 bits per heavy atom. The first kappa shape index (κ1) is 49.1. The van der Waals surface area contributed by atoms with Gasteiger partial charge in [-0.2, -0.15) is 0 Å². The Hall–Kier alpha value is -5.48. The van der Waals surface area contributed by atoms with Crippen LogP contribution in [0.3, 0.4) is 0 Å². The van der Waals surface area contributed by atoms with Crippen molar-refractivity contribution in [3.05, 3.63) is 184 Å². The lowest BCUT2D eigenvalue weighted by Gasteiger charge is -2.56. The van der Waals surface area contributed by atoms with E-state index in [9.17, 15) is 0 Å².